The molecule has 0 saturated carbocycles. The number of carbonyl (C=O) groups is 1. The highest BCUT2D eigenvalue weighted by Crippen LogP contribution is 2.34. The van der Waals surface area contributed by atoms with Crippen LogP contribution in [0.2, 0.25) is 0 Å². The Kier molecular flexibility index (Phi) is 3.87. The number of nitrogens with zero attached hydrogens (tertiary/aromatic N) is 3. The molecule has 2 aromatic heterocycles. The second-order valence-electron chi connectivity index (χ2n) is 6.26. The molecule has 6 nitrogen and oxygen atoms in total. The Morgan fingerprint density at radius 1 is 1.35 bits per heavy atom. The molecule has 1 atom stereocenters. The summed E-state index contributed by atoms with van der Waals surface area (Å²) in [6, 6.07) is 9.61. The lowest BCUT2D eigenvalue weighted by Gasteiger charge is -2.13. The monoisotopic (exact) mass is 364 g/mol. The van der Waals surface area contributed by atoms with Gasteiger partial charge in [-0.3, -0.25) is 4.79 Å². The first-order chi connectivity index (χ1) is 12.5. The minimum Gasteiger partial charge on any atom is -0.383 e. The Balaban J connectivity index is 1.68. The van der Waals surface area contributed by atoms with Gasteiger partial charge in [0.05, 0.1) is 5.39 Å². The van der Waals surface area contributed by atoms with Gasteiger partial charge in [0.25, 0.3) is 5.91 Å². The normalized spacial score (nSPS) is 19.6. The molecule has 0 bridgehead atoms. The lowest BCUT2D eigenvalue weighted by Crippen LogP contribution is -2.37. The summed E-state index contributed by atoms with van der Waals surface area (Å²) < 4.78 is 0. The second-order valence-corrected chi connectivity index (χ2v) is 7.29. The van der Waals surface area contributed by atoms with Crippen LogP contribution in [-0.2, 0) is 4.79 Å². The van der Waals surface area contributed by atoms with Gasteiger partial charge in [-0.15, -0.1) is 11.3 Å². The summed E-state index contributed by atoms with van der Waals surface area (Å²) >= 11 is 1.53. The van der Waals surface area contributed by atoms with Crippen LogP contribution in [0, 0.1) is 11.8 Å². The fourth-order valence-electron chi connectivity index (χ4n) is 2.91. The molecule has 3 heterocycles. The van der Waals surface area contributed by atoms with Crippen LogP contribution in [0.3, 0.4) is 0 Å². The molecule has 0 spiro atoms. The summed E-state index contributed by atoms with van der Waals surface area (Å²) in [5.74, 6) is 5.79. The summed E-state index contributed by atoms with van der Waals surface area (Å²) in [7, 11) is 1.67. The molecule has 1 fully saturated rings. The van der Waals surface area contributed by atoms with E-state index in [1.54, 1.807) is 7.05 Å². The number of benzene rings is 1. The van der Waals surface area contributed by atoms with Crippen molar-refractivity contribution in [1.82, 2.24) is 14.9 Å². The summed E-state index contributed by atoms with van der Waals surface area (Å²) in [6.07, 6.45) is 1.78. The van der Waals surface area contributed by atoms with Crippen LogP contribution < -0.4 is 5.73 Å². The standard InChI is InChI=1S/C19H16N4O2S/c1-23-8-7-19(25,18(23)24)6-5-12-3-2-4-13(9-12)15-10-14-16(20)21-11-22-17(14)26-15/h2-4,9-11,25H,7-8H2,1H3,(H2,20,21,22)/t19-/m0/s1. The number of rotatable bonds is 1. The third kappa shape index (κ3) is 2.79. The van der Waals surface area contributed by atoms with Gasteiger partial charge in [-0.05, 0) is 23.8 Å². The molecular weight excluding hydrogens is 348 g/mol. The van der Waals surface area contributed by atoms with Gasteiger partial charge >= 0.3 is 0 Å². The highest BCUT2D eigenvalue weighted by Gasteiger charge is 2.42. The zero-order valence-corrected chi connectivity index (χ0v) is 14.9. The third-order valence-electron chi connectivity index (χ3n) is 4.43. The first kappa shape index (κ1) is 16.5. The largest absolute Gasteiger partial charge is 0.383 e. The van der Waals surface area contributed by atoms with Gasteiger partial charge < -0.3 is 15.7 Å². The fourth-order valence-corrected chi connectivity index (χ4v) is 3.91. The summed E-state index contributed by atoms with van der Waals surface area (Å²) in [5, 5.41) is 11.2. The van der Waals surface area contributed by atoms with Crippen LogP contribution in [0.25, 0.3) is 20.7 Å². The van der Waals surface area contributed by atoms with Crippen molar-refractivity contribution in [1.29, 1.82) is 0 Å². The van der Waals surface area contributed by atoms with E-state index in [0.717, 1.165) is 26.2 Å². The van der Waals surface area contributed by atoms with E-state index in [9.17, 15) is 9.90 Å². The highest BCUT2D eigenvalue weighted by molar-refractivity contribution is 7.21. The predicted octanol–water partition coefficient (Wildman–Crippen LogP) is 1.89. The Morgan fingerprint density at radius 2 is 2.19 bits per heavy atom. The van der Waals surface area contributed by atoms with Gasteiger partial charge in [-0.25, -0.2) is 9.97 Å². The summed E-state index contributed by atoms with van der Waals surface area (Å²) in [5.41, 5.74) is 6.02. The van der Waals surface area contributed by atoms with Crippen LogP contribution in [0.1, 0.15) is 12.0 Å². The van der Waals surface area contributed by atoms with Gasteiger partial charge in [0.15, 0.2) is 0 Å². The molecule has 0 unspecified atom stereocenters. The number of likely N-dealkylation sites (N-methyl/N-ethyl adjacent to an activating group) is 1. The molecule has 1 aromatic carbocycles. The molecule has 26 heavy (non-hydrogen) atoms. The van der Waals surface area contributed by atoms with Crippen molar-refractivity contribution in [2.24, 2.45) is 0 Å². The van der Waals surface area contributed by atoms with E-state index in [2.05, 4.69) is 21.8 Å². The molecule has 1 aliphatic rings. The van der Waals surface area contributed by atoms with E-state index in [4.69, 9.17) is 5.73 Å². The van der Waals surface area contributed by atoms with Crippen molar-refractivity contribution in [3.8, 4) is 22.3 Å². The molecule has 3 N–H and O–H groups in total. The van der Waals surface area contributed by atoms with Crippen LogP contribution in [0.5, 0.6) is 0 Å². The Labute approximate surface area is 154 Å². The minimum absolute atomic E-state index is 0.323. The van der Waals surface area contributed by atoms with Gasteiger partial charge in [-0.1, -0.05) is 24.0 Å². The van der Waals surface area contributed by atoms with Crippen molar-refractivity contribution in [3.63, 3.8) is 0 Å². The Morgan fingerprint density at radius 3 is 2.92 bits per heavy atom. The average Bonchev–Trinajstić information content (AvgIpc) is 3.19. The van der Waals surface area contributed by atoms with E-state index in [1.165, 1.54) is 22.6 Å². The molecule has 3 aromatic rings. The zero-order chi connectivity index (χ0) is 18.3. The lowest BCUT2D eigenvalue weighted by atomic mass is 10.0. The number of amides is 1. The number of nitrogen functional groups attached to an aromatic ring is 1. The van der Waals surface area contributed by atoms with Crippen molar-refractivity contribution in [2.45, 2.75) is 12.0 Å². The lowest BCUT2D eigenvalue weighted by molar-refractivity contribution is -0.137. The molecule has 0 aliphatic carbocycles. The maximum absolute atomic E-state index is 12.0. The van der Waals surface area contributed by atoms with Gasteiger partial charge in [0.1, 0.15) is 17.0 Å². The molecule has 0 radical (unpaired) electrons. The minimum atomic E-state index is -1.59. The van der Waals surface area contributed by atoms with Crippen LogP contribution >= 0.6 is 11.3 Å². The van der Waals surface area contributed by atoms with Gasteiger partial charge in [-0.2, -0.15) is 0 Å². The van der Waals surface area contributed by atoms with Crippen molar-refractivity contribution < 1.29 is 9.90 Å². The van der Waals surface area contributed by atoms with Crippen LogP contribution in [0.15, 0.2) is 36.7 Å². The SMILES string of the molecule is CN1CC[C@@](O)(C#Cc2cccc(-c3cc4c(N)ncnc4s3)c2)C1=O. The quantitative estimate of drug-likeness (QED) is 0.643. The molecule has 1 aliphatic heterocycles. The fraction of sp³-hybridized carbons (Fsp3) is 0.211. The molecular formula is C19H16N4O2S. The van der Waals surface area contributed by atoms with E-state index >= 15 is 0 Å². The number of thiophene rings is 1. The van der Waals surface area contributed by atoms with Gasteiger partial charge in [0, 0.05) is 30.5 Å². The topological polar surface area (TPSA) is 92.3 Å². The number of carbonyl (C=O) groups excluding carboxylic acids is 1. The molecule has 130 valence electrons. The first-order valence-electron chi connectivity index (χ1n) is 8.08. The zero-order valence-electron chi connectivity index (χ0n) is 14.1. The first-order valence-corrected chi connectivity index (χ1v) is 8.89. The predicted molar refractivity (Wildman–Crippen MR) is 101 cm³/mol. The van der Waals surface area contributed by atoms with Crippen LogP contribution in [0.4, 0.5) is 5.82 Å². The summed E-state index contributed by atoms with van der Waals surface area (Å²) in [6.45, 7) is 0.508. The molecule has 4 rings (SSSR count). The Bertz CT molecular complexity index is 1080. The number of aliphatic hydroxyl groups is 1. The third-order valence-corrected chi connectivity index (χ3v) is 5.52. The number of likely N-dealkylation sites (tertiary alicyclic amines) is 1. The van der Waals surface area contributed by atoms with E-state index < -0.39 is 5.60 Å². The van der Waals surface area contributed by atoms with Crippen molar-refractivity contribution in [3.05, 3.63) is 42.2 Å². The second kappa shape index (κ2) is 6.09. The van der Waals surface area contributed by atoms with Gasteiger partial charge in [0.2, 0.25) is 5.60 Å². The maximum Gasteiger partial charge on any atom is 0.267 e. The van der Waals surface area contributed by atoms with E-state index in [0.29, 0.717) is 18.8 Å². The van der Waals surface area contributed by atoms with Crippen LogP contribution in [-0.4, -0.2) is 45.1 Å². The number of hydrogen-bond acceptors (Lipinski definition) is 6. The molecule has 1 saturated heterocycles. The number of aromatic nitrogens is 2. The summed E-state index contributed by atoms with van der Waals surface area (Å²) in [4.78, 5) is 23.6. The number of fused-ring (bicyclic) bond motifs is 1. The van der Waals surface area contributed by atoms with Crippen molar-refractivity contribution in [2.75, 3.05) is 19.3 Å². The number of anilines is 1. The van der Waals surface area contributed by atoms with E-state index in [1.807, 2.05) is 30.3 Å². The average molecular weight is 364 g/mol. The van der Waals surface area contributed by atoms with E-state index in [-0.39, 0.29) is 5.91 Å². The smallest absolute Gasteiger partial charge is 0.267 e. The Hall–Kier alpha value is -2.95. The number of nitrogens with two attached hydrogens (primary N) is 1. The molecule has 7 heteroatoms. The molecule has 1 amide bonds. The number of hydrogen-bond donors (Lipinski definition) is 2. The van der Waals surface area contributed by atoms with Crippen molar-refractivity contribution >= 4 is 33.3 Å². The highest BCUT2D eigenvalue weighted by atomic mass is 32.1. The maximum atomic E-state index is 12.0.